The van der Waals surface area contributed by atoms with E-state index in [2.05, 4.69) is 26.2 Å². The zero-order valence-electron chi connectivity index (χ0n) is 11.1. The monoisotopic (exact) mass is 334 g/mol. The third-order valence-corrected chi connectivity index (χ3v) is 3.12. The number of nitrogens with zero attached hydrogens (tertiary/aromatic N) is 1. The maximum atomic E-state index is 11.9. The molecule has 0 spiro atoms. The summed E-state index contributed by atoms with van der Waals surface area (Å²) in [7, 11) is 0. The number of hydrogen-bond donors (Lipinski definition) is 1. The lowest BCUT2D eigenvalue weighted by Crippen LogP contribution is -2.22. The summed E-state index contributed by atoms with van der Waals surface area (Å²) in [6.45, 7) is 3.02. The van der Waals surface area contributed by atoms with Gasteiger partial charge < -0.3 is 10.1 Å². The number of ether oxygens (including phenoxy) is 1. The highest BCUT2D eigenvalue weighted by atomic mass is 79.9. The van der Waals surface area contributed by atoms with Crippen LogP contribution in [-0.2, 0) is 6.54 Å². The van der Waals surface area contributed by atoms with Gasteiger partial charge in [0.15, 0.2) is 0 Å². The lowest BCUT2D eigenvalue weighted by Gasteiger charge is -2.08. The summed E-state index contributed by atoms with van der Waals surface area (Å²) in [6.07, 6.45) is 1.54. The van der Waals surface area contributed by atoms with Gasteiger partial charge in [0, 0.05) is 12.7 Å². The highest BCUT2D eigenvalue weighted by Gasteiger charge is 2.05. The van der Waals surface area contributed by atoms with Gasteiger partial charge in [-0.2, -0.15) is 0 Å². The van der Waals surface area contributed by atoms with Gasteiger partial charge in [0.25, 0.3) is 5.91 Å². The Labute approximate surface area is 126 Å². The van der Waals surface area contributed by atoms with Gasteiger partial charge in [0.05, 0.1) is 12.2 Å². The predicted octanol–water partition coefficient (Wildman–Crippen LogP) is 3.17. The van der Waals surface area contributed by atoms with Gasteiger partial charge in [-0.25, -0.2) is 4.98 Å². The number of rotatable bonds is 5. The molecule has 0 radical (unpaired) electrons. The molecule has 20 heavy (non-hydrogen) atoms. The lowest BCUT2D eigenvalue weighted by atomic mass is 10.2. The number of pyridine rings is 1. The number of halogens is 1. The van der Waals surface area contributed by atoms with Crippen molar-refractivity contribution in [3.05, 3.63) is 58.3 Å². The van der Waals surface area contributed by atoms with E-state index in [9.17, 15) is 4.79 Å². The van der Waals surface area contributed by atoms with E-state index < -0.39 is 0 Å². The maximum Gasteiger partial charge on any atom is 0.253 e. The molecule has 104 valence electrons. The molecule has 1 aromatic carbocycles. The Morgan fingerprint density at radius 2 is 2.20 bits per heavy atom. The quantitative estimate of drug-likeness (QED) is 0.854. The second-order valence-corrected chi connectivity index (χ2v) is 4.95. The van der Waals surface area contributed by atoms with Crippen LogP contribution >= 0.6 is 15.9 Å². The molecule has 0 saturated heterocycles. The van der Waals surface area contributed by atoms with Gasteiger partial charge in [0.1, 0.15) is 10.4 Å². The van der Waals surface area contributed by atoms with Crippen LogP contribution < -0.4 is 10.1 Å². The molecule has 4 nitrogen and oxygen atoms in total. The standard InChI is InChI=1S/C15H15BrN2O2/c1-2-20-13-5-3-4-11(8-13)9-18-15(19)12-6-7-14(16)17-10-12/h3-8,10H,2,9H2,1H3,(H,18,19). The summed E-state index contributed by atoms with van der Waals surface area (Å²) < 4.78 is 6.13. The van der Waals surface area contributed by atoms with Crippen LogP contribution in [0.15, 0.2) is 47.2 Å². The summed E-state index contributed by atoms with van der Waals surface area (Å²) in [5.74, 6) is 0.663. The number of benzene rings is 1. The molecule has 1 N–H and O–H groups in total. The van der Waals surface area contributed by atoms with Gasteiger partial charge in [-0.1, -0.05) is 12.1 Å². The third kappa shape index (κ3) is 4.06. The van der Waals surface area contributed by atoms with Crippen molar-refractivity contribution < 1.29 is 9.53 Å². The van der Waals surface area contributed by atoms with Crippen LogP contribution in [-0.4, -0.2) is 17.5 Å². The first-order valence-corrected chi connectivity index (χ1v) is 7.10. The second-order valence-electron chi connectivity index (χ2n) is 4.13. The Morgan fingerprint density at radius 3 is 2.90 bits per heavy atom. The summed E-state index contributed by atoms with van der Waals surface area (Å²) in [5, 5.41) is 2.85. The largest absolute Gasteiger partial charge is 0.494 e. The van der Waals surface area contributed by atoms with Crippen molar-refractivity contribution in [2.45, 2.75) is 13.5 Å². The zero-order chi connectivity index (χ0) is 14.4. The maximum absolute atomic E-state index is 11.9. The molecule has 0 bridgehead atoms. The summed E-state index contributed by atoms with van der Waals surface area (Å²) in [5.41, 5.74) is 1.53. The number of hydrogen-bond acceptors (Lipinski definition) is 3. The third-order valence-electron chi connectivity index (χ3n) is 2.65. The summed E-state index contributed by atoms with van der Waals surface area (Å²) in [4.78, 5) is 16.0. The zero-order valence-corrected chi connectivity index (χ0v) is 12.7. The van der Waals surface area contributed by atoms with Crippen LogP contribution in [0, 0.1) is 0 Å². The van der Waals surface area contributed by atoms with Crippen LogP contribution in [0.25, 0.3) is 0 Å². The molecular formula is C15H15BrN2O2. The first-order chi connectivity index (χ1) is 9.69. The summed E-state index contributed by atoms with van der Waals surface area (Å²) >= 11 is 3.24. The first-order valence-electron chi connectivity index (χ1n) is 6.30. The number of carbonyl (C=O) groups is 1. The fraction of sp³-hybridized carbons (Fsp3) is 0.200. The van der Waals surface area contributed by atoms with Crippen molar-refractivity contribution in [2.24, 2.45) is 0 Å². The minimum Gasteiger partial charge on any atom is -0.494 e. The Bertz CT molecular complexity index is 585. The predicted molar refractivity (Wildman–Crippen MR) is 80.7 cm³/mol. The van der Waals surface area contributed by atoms with E-state index in [0.29, 0.717) is 23.3 Å². The van der Waals surface area contributed by atoms with Crippen molar-refractivity contribution in [1.29, 1.82) is 0 Å². The molecule has 0 aliphatic carbocycles. The fourth-order valence-corrected chi connectivity index (χ4v) is 1.94. The van der Waals surface area contributed by atoms with Gasteiger partial charge >= 0.3 is 0 Å². The fourth-order valence-electron chi connectivity index (χ4n) is 1.71. The van der Waals surface area contributed by atoms with Crippen molar-refractivity contribution in [1.82, 2.24) is 10.3 Å². The Morgan fingerprint density at radius 1 is 1.35 bits per heavy atom. The van der Waals surface area contributed by atoms with Gasteiger partial charge in [0.2, 0.25) is 0 Å². The van der Waals surface area contributed by atoms with Crippen LogP contribution in [0.4, 0.5) is 0 Å². The van der Waals surface area contributed by atoms with Gasteiger partial charge in [-0.3, -0.25) is 4.79 Å². The van der Waals surface area contributed by atoms with E-state index in [1.54, 1.807) is 12.1 Å². The average molecular weight is 335 g/mol. The molecule has 1 aromatic heterocycles. The molecule has 0 aliphatic heterocycles. The van der Waals surface area contributed by atoms with E-state index >= 15 is 0 Å². The number of carbonyl (C=O) groups excluding carboxylic acids is 1. The van der Waals surface area contributed by atoms with Crippen molar-refractivity contribution in [3.8, 4) is 5.75 Å². The van der Waals surface area contributed by atoms with Crippen molar-refractivity contribution in [3.63, 3.8) is 0 Å². The lowest BCUT2D eigenvalue weighted by molar-refractivity contribution is 0.0950. The molecular weight excluding hydrogens is 320 g/mol. The highest BCUT2D eigenvalue weighted by molar-refractivity contribution is 9.10. The molecule has 0 atom stereocenters. The Kier molecular flexibility index (Phi) is 5.12. The van der Waals surface area contributed by atoms with E-state index in [0.717, 1.165) is 11.3 Å². The topological polar surface area (TPSA) is 51.2 Å². The molecule has 0 aliphatic rings. The number of nitrogens with one attached hydrogen (secondary N) is 1. The minimum atomic E-state index is -0.146. The van der Waals surface area contributed by atoms with Gasteiger partial charge in [-0.05, 0) is 52.7 Å². The first kappa shape index (κ1) is 14.5. The van der Waals surface area contributed by atoms with Crippen molar-refractivity contribution >= 4 is 21.8 Å². The van der Waals surface area contributed by atoms with E-state index in [4.69, 9.17) is 4.74 Å². The van der Waals surface area contributed by atoms with E-state index in [1.807, 2.05) is 31.2 Å². The molecule has 0 fully saturated rings. The van der Waals surface area contributed by atoms with E-state index in [-0.39, 0.29) is 5.91 Å². The Hall–Kier alpha value is -1.88. The summed E-state index contributed by atoms with van der Waals surface area (Å²) in [6, 6.07) is 11.1. The molecule has 0 saturated carbocycles. The normalized spacial score (nSPS) is 10.1. The second kappa shape index (κ2) is 7.05. The SMILES string of the molecule is CCOc1cccc(CNC(=O)c2ccc(Br)nc2)c1. The van der Waals surface area contributed by atoms with Gasteiger partial charge in [-0.15, -0.1) is 0 Å². The minimum absolute atomic E-state index is 0.146. The highest BCUT2D eigenvalue weighted by Crippen LogP contribution is 2.13. The van der Waals surface area contributed by atoms with Crippen LogP contribution in [0.2, 0.25) is 0 Å². The molecule has 5 heteroatoms. The van der Waals surface area contributed by atoms with Crippen molar-refractivity contribution in [2.75, 3.05) is 6.61 Å². The molecule has 0 unspecified atom stereocenters. The molecule has 2 rings (SSSR count). The Balaban J connectivity index is 1.96. The number of amides is 1. The smallest absolute Gasteiger partial charge is 0.253 e. The molecule has 1 amide bonds. The number of aromatic nitrogens is 1. The van der Waals surface area contributed by atoms with Crippen LogP contribution in [0.3, 0.4) is 0 Å². The van der Waals surface area contributed by atoms with Crippen LogP contribution in [0.1, 0.15) is 22.8 Å². The molecule has 1 heterocycles. The van der Waals surface area contributed by atoms with Crippen LogP contribution in [0.5, 0.6) is 5.75 Å². The average Bonchev–Trinajstić information content (AvgIpc) is 2.46. The molecule has 2 aromatic rings. The van der Waals surface area contributed by atoms with E-state index in [1.165, 1.54) is 6.20 Å².